The van der Waals surface area contributed by atoms with Crippen molar-refractivity contribution in [3.63, 3.8) is 0 Å². The number of nitrogens with one attached hydrogen (secondary N) is 2. The van der Waals surface area contributed by atoms with Crippen molar-refractivity contribution in [2.24, 2.45) is 4.99 Å². The third-order valence-electron chi connectivity index (χ3n) is 5.24. The van der Waals surface area contributed by atoms with Gasteiger partial charge in [0.15, 0.2) is 11.8 Å². The Labute approximate surface area is 204 Å². The molecule has 3 rings (SSSR count). The number of hydrogen-bond donors (Lipinski definition) is 2. The predicted octanol–water partition coefficient (Wildman–Crippen LogP) is 2.49. The maximum atomic E-state index is 14.3. The molecular formula is C21H32F2IN7O. The van der Waals surface area contributed by atoms with E-state index >= 15 is 0 Å². The Morgan fingerprint density at radius 1 is 1.34 bits per heavy atom. The number of methoxy groups -OCH3 is 1. The summed E-state index contributed by atoms with van der Waals surface area (Å²) in [6, 6.07) is 3.51. The third kappa shape index (κ3) is 6.58. The first-order valence-electron chi connectivity index (χ1n) is 10.5. The summed E-state index contributed by atoms with van der Waals surface area (Å²) >= 11 is 0. The second-order valence-corrected chi connectivity index (χ2v) is 7.77. The quantitative estimate of drug-likeness (QED) is 0.292. The van der Waals surface area contributed by atoms with Crippen LogP contribution >= 0.6 is 24.0 Å². The highest BCUT2D eigenvalue weighted by molar-refractivity contribution is 14.0. The van der Waals surface area contributed by atoms with E-state index in [9.17, 15) is 8.78 Å². The first-order valence-corrected chi connectivity index (χ1v) is 10.5. The minimum Gasteiger partial charge on any atom is -0.377 e. The van der Waals surface area contributed by atoms with Crippen LogP contribution < -0.4 is 10.6 Å². The van der Waals surface area contributed by atoms with E-state index in [0.29, 0.717) is 31.5 Å². The topological polar surface area (TPSA) is 79.6 Å². The molecule has 0 amide bonds. The van der Waals surface area contributed by atoms with E-state index in [4.69, 9.17) is 4.74 Å². The van der Waals surface area contributed by atoms with Crippen molar-refractivity contribution in [2.75, 3.05) is 34.3 Å². The van der Waals surface area contributed by atoms with Crippen molar-refractivity contribution in [1.29, 1.82) is 0 Å². The molecule has 0 fully saturated rings. The van der Waals surface area contributed by atoms with Crippen molar-refractivity contribution >= 4 is 29.9 Å². The lowest BCUT2D eigenvalue weighted by molar-refractivity contribution is 0.177. The van der Waals surface area contributed by atoms with Gasteiger partial charge in [0.1, 0.15) is 24.1 Å². The number of fused-ring (bicyclic) bond motifs is 1. The summed E-state index contributed by atoms with van der Waals surface area (Å²) in [7, 11) is 5.20. The van der Waals surface area contributed by atoms with Crippen molar-refractivity contribution in [1.82, 2.24) is 30.3 Å². The molecule has 2 unspecified atom stereocenters. The number of aryl methyl sites for hydroxylation is 1. The molecule has 2 atom stereocenters. The lowest BCUT2D eigenvalue weighted by Crippen LogP contribution is -2.47. The molecule has 32 heavy (non-hydrogen) atoms. The molecule has 0 bridgehead atoms. The van der Waals surface area contributed by atoms with Gasteiger partial charge in [-0.2, -0.15) is 5.10 Å². The SMILES string of the molecule is CCNC(=NCC(c1c(F)cccc1F)N(C)C)NC1CCc2nc(COC)nn2C1.I. The number of halogens is 3. The van der Waals surface area contributed by atoms with Crippen LogP contribution in [0.5, 0.6) is 0 Å². The van der Waals surface area contributed by atoms with Gasteiger partial charge in [0.2, 0.25) is 0 Å². The largest absolute Gasteiger partial charge is 0.377 e. The van der Waals surface area contributed by atoms with Gasteiger partial charge in [-0.05, 0) is 39.6 Å². The van der Waals surface area contributed by atoms with Gasteiger partial charge in [-0.1, -0.05) is 6.07 Å². The Morgan fingerprint density at radius 3 is 2.69 bits per heavy atom. The first-order chi connectivity index (χ1) is 14.9. The van der Waals surface area contributed by atoms with E-state index in [1.165, 1.54) is 18.2 Å². The molecule has 0 aliphatic carbocycles. The second kappa shape index (κ2) is 12.4. The summed E-state index contributed by atoms with van der Waals surface area (Å²) < 4.78 is 35.7. The van der Waals surface area contributed by atoms with Crippen LogP contribution in [-0.2, 0) is 24.3 Å². The van der Waals surface area contributed by atoms with E-state index in [0.717, 1.165) is 18.7 Å². The van der Waals surface area contributed by atoms with Crippen molar-refractivity contribution in [3.05, 3.63) is 47.0 Å². The molecule has 1 aliphatic heterocycles. The third-order valence-corrected chi connectivity index (χ3v) is 5.24. The Bertz CT molecular complexity index is 886. The summed E-state index contributed by atoms with van der Waals surface area (Å²) in [5.74, 6) is 1.11. The Balaban J connectivity index is 0.00000363. The smallest absolute Gasteiger partial charge is 0.191 e. The first kappa shape index (κ1) is 26.4. The number of benzene rings is 1. The normalized spacial score (nSPS) is 17.0. The van der Waals surface area contributed by atoms with Gasteiger partial charge < -0.3 is 20.3 Å². The molecular weight excluding hydrogens is 531 g/mol. The van der Waals surface area contributed by atoms with Crippen LogP contribution in [0.3, 0.4) is 0 Å². The van der Waals surface area contributed by atoms with E-state index in [1.54, 1.807) is 26.1 Å². The van der Waals surface area contributed by atoms with Crippen LogP contribution in [0.1, 0.15) is 36.6 Å². The number of hydrogen-bond acceptors (Lipinski definition) is 5. The number of guanidine groups is 1. The van der Waals surface area contributed by atoms with Crippen molar-refractivity contribution in [2.45, 2.75) is 45.0 Å². The molecule has 0 saturated heterocycles. The Morgan fingerprint density at radius 2 is 2.06 bits per heavy atom. The van der Waals surface area contributed by atoms with Crippen LogP contribution in [0.25, 0.3) is 0 Å². The fourth-order valence-electron chi connectivity index (χ4n) is 3.70. The molecule has 1 aromatic carbocycles. The molecule has 8 nitrogen and oxygen atoms in total. The summed E-state index contributed by atoms with van der Waals surface area (Å²) in [5.41, 5.74) is 0.0303. The highest BCUT2D eigenvalue weighted by Gasteiger charge is 2.24. The number of ether oxygens (including phenoxy) is 1. The fourth-order valence-corrected chi connectivity index (χ4v) is 3.70. The van der Waals surface area contributed by atoms with E-state index in [-0.39, 0.29) is 42.1 Å². The van der Waals surface area contributed by atoms with Crippen LogP contribution in [-0.4, -0.2) is 66.0 Å². The van der Waals surface area contributed by atoms with Crippen molar-refractivity contribution < 1.29 is 13.5 Å². The number of nitrogens with zero attached hydrogens (tertiary/aromatic N) is 5. The molecule has 0 radical (unpaired) electrons. The highest BCUT2D eigenvalue weighted by Crippen LogP contribution is 2.24. The zero-order chi connectivity index (χ0) is 22.4. The Hall–Kier alpha value is -1.86. The van der Waals surface area contributed by atoms with Gasteiger partial charge >= 0.3 is 0 Å². The monoisotopic (exact) mass is 563 g/mol. The molecule has 2 aromatic rings. The summed E-state index contributed by atoms with van der Waals surface area (Å²) in [6.45, 7) is 3.91. The van der Waals surface area contributed by atoms with Gasteiger partial charge in [0.05, 0.1) is 19.1 Å². The summed E-state index contributed by atoms with van der Waals surface area (Å²) in [6.07, 6.45) is 1.68. The van der Waals surface area contributed by atoms with Gasteiger partial charge in [-0.3, -0.25) is 4.99 Å². The molecule has 1 aliphatic rings. The van der Waals surface area contributed by atoms with Gasteiger partial charge in [-0.15, -0.1) is 24.0 Å². The average Bonchev–Trinajstić information content (AvgIpc) is 3.12. The second-order valence-electron chi connectivity index (χ2n) is 7.77. The average molecular weight is 563 g/mol. The fraction of sp³-hybridized carbons (Fsp3) is 0.571. The maximum absolute atomic E-state index is 14.3. The summed E-state index contributed by atoms with van der Waals surface area (Å²) in [5, 5.41) is 11.1. The predicted molar refractivity (Wildman–Crippen MR) is 130 cm³/mol. The molecule has 0 saturated carbocycles. The molecule has 1 aromatic heterocycles. The minimum atomic E-state index is -0.565. The highest BCUT2D eigenvalue weighted by atomic mass is 127. The van der Waals surface area contributed by atoms with Crippen LogP contribution in [0.2, 0.25) is 0 Å². The van der Waals surface area contributed by atoms with Crippen LogP contribution in [0.15, 0.2) is 23.2 Å². The van der Waals surface area contributed by atoms with Gasteiger partial charge in [0, 0.05) is 31.7 Å². The van der Waals surface area contributed by atoms with Gasteiger partial charge in [0.25, 0.3) is 0 Å². The number of aromatic nitrogens is 3. The minimum absolute atomic E-state index is 0. The molecule has 2 N–H and O–H groups in total. The van der Waals surface area contributed by atoms with E-state index in [1.807, 2.05) is 11.6 Å². The van der Waals surface area contributed by atoms with Gasteiger partial charge in [-0.25, -0.2) is 18.4 Å². The zero-order valence-electron chi connectivity index (χ0n) is 18.9. The summed E-state index contributed by atoms with van der Waals surface area (Å²) in [4.78, 5) is 10.9. The van der Waals surface area contributed by atoms with Crippen LogP contribution in [0, 0.1) is 11.6 Å². The lowest BCUT2D eigenvalue weighted by Gasteiger charge is -2.27. The van der Waals surface area contributed by atoms with Crippen LogP contribution in [0.4, 0.5) is 8.78 Å². The molecule has 2 heterocycles. The van der Waals surface area contributed by atoms with E-state index in [2.05, 4.69) is 25.7 Å². The molecule has 11 heteroatoms. The molecule has 178 valence electrons. The number of likely N-dealkylation sites (N-methyl/N-ethyl adjacent to an activating group) is 1. The molecule has 0 spiro atoms. The Kier molecular flexibility index (Phi) is 10.2. The maximum Gasteiger partial charge on any atom is 0.191 e. The van der Waals surface area contributed by atoms with E-state index < -0.39 is 17.7 Å². The lowest BCUT2D eigenvalue weighted by atomic mass is 10.0. The standard InChI is InChI=1S/C21H31F2N7O.HI/c1-5-24-21(25-11-17(29(2)3)20-15(22)7-6-8-16(20)23)26-14-9-10-19-27-18(13-31-4)28-30(19)12-14;/h6-8,14,17H,5,9-13H2,1-4H3,(H2,24,25,26);1H. The van der Waals surface area contributed by atoms with Crippen molar-refractivity contribution in [3.8, 4) is 0 Å². The number of rotatable bonds is 8. The number of aliphatic imine (C=N–C) groups is 1. The zero-order valence-corrected chi connectivity index (χ0v) is 21.3.